The highest BCUT2D eigenvalue weighted by molar-refractivity contribution is 6.04. The predicted octanol–water partition coefficient (Wildman–Crippen LogP) is 3.86. The van der Waals surface area contributed by atoms with Gasteiger partial charge in [-0.3, -0.25) is 4.79 Å². The Hall–Kier alpha value is -3.25. The number of nitrogens with one attached hydrogen (secondary N) is 1. The van der Waals surface area contributed by atoms with E-state index < -0.39 is 0 Å². The van der Waals surface area contributed by atoms with Crippen LogP contribution in [0.2, 0.25) is 0 Å². The molecule has 0 radical (unpaired) electrons. The van der Waals surface area contributed by atoms with Crippen LogP contribution in [0, 0.1) is 0 Å². The number of para-hydroxylation sites is 3. The molecular weight excluding hydrogens is 366 g/mol. The summed E-state index contributed by atoms with van der Waals surface area (Å²) in [5.74, 6) is 1.37. The number of anilines is 2. The van der Waals surface area contributed by atoms with Crippen LogP contribution < -0.4 is 15.0 Å². The van der Waals surface area contributed by atoms with Gasteiger partial charge >= 0.3 is 0 Å². The normalized spacial score (nSPS) is 14.6. The third kappa shape index (κ3) is 4.78. The summed E-state index contributed by atoms with van der Waals surface area (Å²) in [6, 6.07) is 20.9. The molecule has 1 fully saturated rings. The second-order valence-corrected chi connectivity index (χ2v) is 7.13. The van der Waals surface area contributed by atoms with E-state index in [4.69, 9.17) is 9.15 Å². The quantitative estimate of drug-likeness (QED) is 0.691. The average Bonchev–Trinajstić information content (AvgIpc) is 3.23. The van der Waals surface area contributed by atoms with E-state index in [2.05, 4.69) is 22.2 Å². The summed E-state index contributed by atoms with van der Waals surface area (Å²) in [4.78, 5) is 17.3. The summed E-state index contributed by atoms with van der Waals surface area (Å²) in [6.45, 7) is 4.15. The molecule has 0 bridgehead atoms. The molecule has 3 aromatic rings. The highest BCUT2D eigenvalue weighted by Crippen LogP contribution is 2.27. The zero-order valence-corrected chi connectivity index (χ0v) is 16.5. The fraction of sp³-hybridized carbons (Fsp3) is 0.261. The van der Waals surface area contributed by atoms with Crippen molar-refractivity contribution in [3.05, 3.63) is 78.3 Å². The number of likely N-dealkylation sites (N-methyl/N-ethyl adjacent to an activating group) is 1. The Labute approximate surface area is 170 Å². The topological polar surface area (TPSA) is 58.0 Å². The molecule has 4 rings (SSSR count). The zero-order chi connectivity index (χ0) is 20.1. The lowest BCUT2D eigenvalue weighted by atomic mass is 10.2. The molecular formula is C23H25N3O3. The van der Waals surface area contributed by atoms with E-state index in [0.29, 0.717) is 5.76 Å². The lowest BCUT2D eigenvalue weighted by Crippen LogP contribution is -2.44. The molecule has 1 amide bonds. The monoisotopic (exact) mass is 391 g/mol. The van der Waals surface area contributed by atoms with Crippen molar-refractivity contribution in [1.82, 2.24) is 4.90 Å². The molecule has 6 nitrogen and oxygen atoms in total. The fourth-order valence-electron chi connectivity index (χ4n) is 3.34. The van der Waals surface area contributed by atoms with Crippen molar-refractivity contribution < 1.29 is 13.9 Å². The van der Waals surface area contributed by atoms with Gasteiger partial charge in [0.1, 0.15) is 18.1 Å². The van der Waals surface area contributed by atoms with Crippen molar-refractivity contribution in [2.75, 3.05) is 43.4 Å². The molecule has 0 spiro atoms. The SMILES string of the molecule is CN1CCN(c2ccccc2NC(=O)c2ccc(COc3ccccc3)o2)CC1. The second-order valence-electron chi connectivity index (χ2n) is 7.13. The Balaban J connectivity index is 1.40. The molecule has 2 aromatic carbocycles. The van der Waals surface area contributed by atoms with Gasteiger partial charge in [-0.15, -0.1) is 0 Å². The van der Waals surface area contributed by atoms with Crippen molar-refractivity contribution >= 4 is 17.3 Å². The third-order valence-electron chi connectivity index (χ3n) is 5.01. The molecule has 1 saturated heterocycles. The number of nitrogens with zero attached hydrogens (tertiary/aromatic N) is 2. The first-order valence-electron chi connectivity index (χ1n) is 9.79. The van der Waals surface area contributed by atoms with E-state index in [9.17, 15) is 4.79 Å². The summed E-state index contributed by atoms with van der Waals surface area (Å²) < 4.78 is 11.4. The largest absolute Gasteiger partial charge is 0.486 e. The van der Waals surface area contributed by atoms with Gasteiger partial charge in [-0.05, 0) is 43.4 Å². The Morgan fingerprint density at radius 3 is 2.48 bits per heavy atom. The molecule has 150 valence electrons. The Morgan fingerprint density at radius 2 is 1.69 bits per heavy atom. The summed E-state index contributed by atoms with van der Waals surface area (Å²) >= 11 is 0. The van der Waals surface area contributed by atoms with Crippen molar-refractivity contribution in [1.29, 1.82) is 0 Å². The fourth-order valence-corrected chi connectivity index (χ4v) is 3.34. The summed E-state index contributed by atoms with van der Waals surface area (Å²) in [6.07, 6.45) is 0. The number of ether oxygens (including phenoxy) is 1. The highest BCUT2D eigenvalue weighted by atomic mass is 16.5. The number of benzene rings is 2. The molecule has 0 saturated carbocycles. The minimum absolute atomic E-state index is 0.266. The smallest absolute Gasteiger partial charge is 0.291 e. The van der Waals surface area contributed by atoms with E-state index in [0.717, 1.165) is 43.3 Å². The Morgan fingerprint density at radius 1 is 0.966 bits per heavy atom. The minimum Gasteiger partial charge on any atom is -0.486 e. The van der Waals surface area contributed by atoms with Gasteiger partial charge < -0.3 is 24.3 Å². The Kier molecular flexibility index (Phi) is 5.81. The molecule has 29 heavy (non-hydrogen) atoms. The number of carbonyl (C=O) groups is 1. The molecule has 1 aliphatic rings. The van der Waals surface area contributed by atoms with Gasteiger partial charge in [0.15, 0.2) is 5.76 Å². The van der Waals surface area contributed by atoms with Crippen molar-refractivity contribution in [3.8, 4) is 5.75 Å². The molecule has 1 aromatic heterocycles. The van der Waals surface area contributed by atoms with E-state index in [-0.39, 0.29) is 18.3 Å². The van der Waals surface area contributed by atoms with Crippen molar-refractivity contribution in [2.45, 2.75) is 6.61 Å². The van der Waals surface area contributed by atoms with Gasteiger partial charge in [-0.25, -0.2) is 0 Å². The number of furan rings is 1. The number of hydrogen-bond donors (Lipinski definition) is 1. The van der Waals surface area contributed by atoms with Crippen LogP contribution >= 0.6 is 0 Å². The van der Waals surface area contributed by atoms with Crippen molar-refractivity contribution in [3.63, 3.8) is 0 Å². The lowest BCUT2D eigenvalue weighted by Gasteiger charge is -2.35. The first-order valence-corrected chi connectivity index (χ1v) is 9.79. The molecule has 0 aliphatic carbocycles. The van der Waals surface area contributed by atoms with Crippen LogP contribution in [0.5, 0.6) is 5.75 Å². The van der Waals surface area contributed by atoms with Gasteiger partial charge in [0.2, 0.25) is 0 Å². The summed E-state index contributed by atoms with van der Waals surface area (Å²) in [5.41, 5.74) is 1.83. The van der Waals surface area contributed by atoms with E-state index in [1.807, 2.05) is 54.6 Å². The van der Waals surface area contributed by atoms with E-state index in [1.165, 1.54) is 0 Å². The van der Waals surface area contributed by atoms with Crippen LogP contribution in [0.25, 0.3) is 0 Å². The minimum atomic E-state index is -0.266. The van der Waals surface area contributed by atoms with Gasteiger partial charge in [0, 0.05) is 26.2 Å². The predicted molar refractivity (Wildman–Crippen MR) is 114 cm³/mol. The van der Waals surface area contributed by atoms with E-state index >= 15 is 0 Å². The maximum absolute atomic E-state index is 12.7. The molecule has 0 atom stereocenters. The second kappa shape index (κ2) is 8.84. The number of hydrogen-bond acceptors (Lipinski definition) is 5. The molecule has 2 heterocycles. The van der Waals surface area contributed by atoms with Crippen LogP contribution in [-0.4, -0.2) is 44.0 Å². The summed E-state index contributed by atoms with van der Waals surface area (Å²) in [5, 5.41) is 2.99. The van der Waals surface area contributed by atoms with Crippen LogP contribution in [0.4, 0.5) is 11.4 Å². The summed E-state index contributed by atoms with van der Waals surface area (Å²) in [7, 11) is 2.13. The van der Waals surface area contributed by atoms with Crippen LogP contribution in [-0.2, 0) is 6.61 Å². The molecule has 0 unspecified atom stereocenters. The molecule has 1 aliphatic heterocycles. The third-order valence-corrected chi connectivity index (χ3v) is 5.01. The first kappa shape index (κ1) is 19.1. The number of carbonyl (C=O) groups excluding carboxylic acids is 1. The highest BCUT2D eigenvalue weighted by Gasteiger charge is 2.19. The van der Waals surface area contributed by atoms with Gasteiger partial charge in [-0.2, -0.15) is 0 Å². The number of piperazine rings is 1. The van der Waals surface area contributed by atoms with Gasteiger partial charge in [0.25, 0.3) is 5.91 Å². The van der Waals surface area contributed by atoms with Crippen LogP contribution in [0.3, 0.4) is 0 Å². The zero-order valence-electron chi connectivity index (χ0n) is 16.5. The van der Waals surface area contributed by atoms with Crippen LogP contribution in [0.15, 0.2) is 71.1 Å². The number of rotatable bonds is 6. The van der Waals surface area contributed by atoms with Gasteiger partial charge in [0.05, 0.1) is 11.4 Å². The maximum Gasteiger partial charge on any atom is 0.291 e. The average molecular weight is 391 g/mol. The number of amides is 1. The van der Waals surface area contributed by atoms with Gasteiger partial charge in [-0.1, -0.05) is 30.3 Å². The standard InChI is InChI=1S/C23H25N3O3/c1-25-13-15-26(16-14-25)21-10-6-5-9-20(21)24-23(27)22-12-11-19(29-22)17-28-18-7-3-2-4-8-18/h2-12H,13-17H2,1H3,(H,24,27). The lowest BCUT2D eigenvalue weighted by molar-refractivity contribution is 0.0992. The molecule has 1 N–H and O–H groups in total. The first-order chi connectivity index (χ1) is 14.2. The van der Waals surface area contributed by atoms with Crippen molar-refractivity contribution in [2.24, 2.45) is 0 Å². The maximum atomic E-state index is 12.7. The van der Waals surface area contributed by atoms with E-state index in [1.54, 1.807) is 12.1 Å². The van der Waals surface area contributed by atoms with Crippen LogP contribution in [0.1, 0.15) is 16.3 Å². The molecule has 6 heteroatoms. The Bertz CT molecular complexity index is 947.